The van der Waals surface area contributed by atoms with E-state index in [1.807, 2.05) is 19.1 Å². The first-order chi connectivity index (χ1) is 5.22. The summed E-state index contributed by atoms with van der Waals surface area (Å²) in [5.41, 5.74) is 0. The van der Waals surface area contributed by atoms with Gasteiger partial charge in [-0.3, -0.25) is 0 Å². The maximum Gasteiger partial charge on any atom is 0.134 e. The smallest absolute Gasteiger partial charge is 0.134 e. The van der Waals surface area contributed by atoms with Gasteiger partial charge in [0, 0.05) is 6.42 Å². The molecule has 0 saturated carbocycles. The van der Waals surface area contributed by atoms with Crippen LogP contribution in [-0.4, -0.2) is 11.1 Å². The molecule has 2 nitrogen and oxygen atoms in total. The van der Waals surface area contributed by atoms with Crippen LogP contribution in [0, 0.1) is 6.92 Å². The number of hydrogen-bond donors (Lipinski definition) is 0. The maximum absolute atomic E-state index is 10.2. The second kappa shape index (κ2) is 3.72. The number of aryl methyl sites for hydroxylation is 1. The van der Waals surface area contributed by atoms with E-state index >= 15 is 0 Å². The van der Waals surface area contributed by atoms with Crippen molar-refractivity contribution in [2.75, 3.05) is 0 Å². The number of furan rings is 1. The number of hydrogen-bond acceptors (Lipinski definition) is 2. The Morgan fingerprint density at radius 1 is 1.73 bits per heavy atom. The van der Waals surface area contributed by atoms with Crippen LogP contribution in [0.15, 0.2) is 16.5 Å². The van der Waals surface area contributed by atoms with E-state index in [2.05, 4.69) is 15.9 Å². The average Bonchev–Trinajstić information content (AvgIpc) is 2.35. The molecular formula is C8H9BrO2. The van der Waals surface area contributed by atoms with Crippen molar-refractivity contribution < 1.29 is 9.21 Å². The number of carbonyl (C=O) groups excluding carboxylic acids is 1. The Kier molecular flexibility index (Phi) is 2.88. The van der Waals surface area contributed by atoms with E-state index in [1.165, 1.54) is 0 Å². The normalized spacial score (nSPS) is 12.9. The first-order valence-electron chi connectivity index (χ1n) is 3.37. The van der Waals surface area contributed by atoms with Gasteiger partial charge in [-0.05, 0) is 19.1 Å². The molecule has 1 atom stereocenters. The highest BCUT2D eigenvalue weighted by molar-refractivity contribution is 9.09. The number of aldehydes is 1. The third kappa shape index (κ3) is 2.50. The van der Waals surface area contributed by atoms with E-state index in [-0.39, 0.29) is 4.83 Å². The van der Waals surface area contributed by atoms with Gasteiger partial charge in [-0.25, -0.2) is 0 Å². The zero-order valence-corrected chi connectivity index (χ0v) is 7.80. The molecule has 0 saturated heterocycles. The summed E-state index contributed by atoms with van der Waals surface area (Å²) in [5.74, 6) is 1.72. The third-order valence-electron chi connectivity index (χ3n) is 1.34. The van der Waals surface area contributed by atoms with Gasteiger partial charge < -0.3 is 9.21 Å². The van der Waals surface area contributed by atoms with Crippen molar-refractivity contribution in [3.63, 3.8) is 0 Å². The van der Waals surface area contributed by atoms with Gasteiger partial charge in [-0.2, -0.15) is 0 Å². The van der Waals surface area contributed by atoms with E-state index in [1.54, 1.807) is 0 Å². The van der Waals surface area contributed by atoms with Gasteiger partial charge in [-0.15, -0.1) is 0 Å². The van der Waals surface area contributed by atoms with Crippen LogP contribution in [0.2, 0.25) is 0 Å². The minimum absolute atomic E-state index is 0.131. The van der Waals surface area contributed by atoms with E-state index < -0.39 is 0 Å². The molecule has 0 aliphatic heterocycles. The fraction of sp³-hybridized carbons (Fsp3) is 0.375. The molecule has 0 aromatic carbocycles. The van der Waals surface area contributed by atoms with Gasteiger partial charge >= 0.3 is 0 Å². The molecule has 0 bridgehead atoms. The number of halogens is 1. The summed E-state index contributed by atoms with van der Waals surface area (Å²) in [4.78, 5) is 10.1. The standard InChI is InChI=1S/C8H9BrO2/c1-6-2-3-8(11-6)4-7(9)5-10/h2-3,5,7H,4H2,1H3. The Morgan fingerprint density at radius 2 is 2.45 bits per heavy atom. The van der Waals surface area contributed by atoms with Crippen LogP contribution in [0.1, 0.15) is 11.5 Å². The highest BCUT2D eigenvalue weighted by Crippen LogP contribution is 2.11. The van der Waals surface area contributed by atoms with Crippen molar-refractivity contribution in [3.05, 3.63) is 23.7 Å². The SMILES string of the molecule is Cc1ccc(CC(Br)C=O)o1. The van der Waals surface area contributed by atoms with Crippen LogP contribution in [0.25, 0.3) is 0 Å². The van der Waals surface area contributed by atoms with Crippen molar-refractivity contribution in [2.24, 2.45) is 0 Å². The van der Waals surface area contributed by atoms with Crippen molar-refractivity contribution in [2.45, 2.75) is 18.2 Å². The average molecular weight is 217 g/mol. The van der Waals surface area contributed by atoms with E-state index in [4.69, 9.17) is 4.42 Å². The molecule has 60 valence electrons. The number of carbonyl (C=O) groups is 1. The Morgan fingerprint density at radius 3 is 2.91 bits per heavy atom. The summed E-state index contributed by atoms with van der Waals surface area (Å²) in [6.07, 6.45) is 1.48. The zero-order chi connectivity index (χ0) is 8.27. The molecule has 1 unspecified atom stereocenters. The molecule has 0 aliphatic carbocycles. The number of alkyl halides is 1. The van der Waals surface area contributed by atoms with E-state index in [0.717, 1.165) is 17.8 Å². The lowest BCUT2D eigenvalue weighted by molar-refractivity contribution is -0.107. The monoisotopic (exact) mass is 216 g/mol. The molecule has 1 rings (SSSR count). The second-order valence-corrected chi connectivity index (χ2v) is 3.54. The van der Waals surface area contributed by atoms with Gasteiger partial charge in [0.15, 0.2) is 0 Å². The molecule has 0 aliphatic rings. The van der Waals surface area contributed by atoms with Gasteiger partial charge in [0.2, 0.25) is 0 Å². The summed E-state index contributed by atoms with van der Waals surface area (Å²) in [5, 5.41) is 0. The lowest BCUT2D eigenvalue weighted by atomic mass is 10.3. The maximum atomic E-state index is 10.2. The molecule has 1 heterocycles. The summed E-state index contributed by atoms with van der Waals surface area (Å²) < 4.78 is 5.27. The van der Waals surface area contributed by atoms with Crippen molar-refractivity contribution in [3.8, 4) is 0 Å². The Hall–Kier alpha value is -0.570. The second-order valence-electron chi connectivity index (χ2n) is 2.37. The Balaban J connectivity index is 2.57. The van der Waals surface area contributed by atoms with E-state index in [9.17, 15) is 4.79 Å². The molecule has 0 radical (unpaired) electrons. The quantitative estimate of drug-likeness (QED) is 0.573. The Labute approximate surface area is 73.7 Å². The predicted molar refractivity (Wildman–Crippen MR) is 45.9 cm³/mol. The predicted octanol–water partition coefficient (Wildman–Crippen LogP) is 2.09. The minimum atomic E-state index is -0.131. The highest BCUT2D eigenvalue weighted by atomic mass is 79.9. The molecule has 0 N–H and O–H groups in total. The third-order valence-corrected chi connectivity index (χ3v) is 1.88. The van der Waals surface area contributed by atoms with Crippen molar-refractivity contribution in [1.82, 2.24) is 0 Å². The van der Waals surface area contributed by atoms with Gasteiger partial charge in [0.05, 0.1) is 4.83 Å². The van der Waals surface area contributed by atoms with Gasteiger partial charge in [0.25, 0.3) is 0 Å². The van der Waals surface area contributed by atoms with Crippen molar-refractivity contribution in [1.29, 1.82) is 0 Å². The van der Waals surface area contributed by atoms with Gasteiger partial charge in [0.1, 0.15) is 17.8 Å². The molecule has 1 aromatic heterocycles. The van der Waals surface area contributed by atoms with Gasteiger partial charge in [-0.1, -0.05) is 15.9 Å². The summed E-state index contributed by atoms with van der Waals surface area (Å²) in [7, 11) is 0. The molecule has 0 amide bonds. The molecule has 1 aromatic rings. The molecule has 0 spiro atoms. The molecule has 0 fully saturated rings. The first kappa shape index (κ1) is 8.53. The van der Waals surface area contributed by atoms with Crippen LogP contribution >= 0.6 is 15.9 Å². The van der Waals surface area contributed by atoms with Crippen molar-refractivity contribution >= 4 is 22.2 Å². The molecular weight excluding hydrogens is 208 g/mol. The van der Waals surface area contributed by atoms with Crippen LogP contribution in [0.4, 0.5) is 0 Å². The fourth-order valence-electron chi connectivity index (χ4n) is 0.835. The first-order valence-corrected chi connectivity index (χ1v) is 4.28. The minimum Gasteiger partial charge on any atom is -0.466 e. The largest absolute Gasteiger partial charge is 0.466 e. The highest BCUT2D eigenvalue weighted by Gasteiger charge is 2.05. The number of rotatable bonds is 3. The Bertz CT molecular complexity index is 242. The van der Waals surface area contributed by atoms with E-state index in [0.29, 0.717) is 6.42 Å². The summed E-state index contributed by atoms with van der Waals surface area (Å²) in [6.45, 7) is 1.88. The van der Waals surface area contributed by atoms with Crippen LogP contribution in [0.3, 0.4) is 0 Å². The molecule has 3 heteroatoms. The van der Waals surface area contributed by atoms with Crippen LogP contribution in [0.5, 0.6) is 0 Å². The lowest BCUT2D eigenvalue weighted by Gasteiger charge is -1.96. The zero-order valence-electron chi connectivity index (χ0n) is 6.21. The van der Waals surface area contributed by atoms with Crippen LogP contribution < -0.4 is 0 Å². The fourth-order valence-corrected chi connectivity index (χ4v) is 1.15. The molecule has 11 heavy (non-hydrogen) atoms. The summed E-state index contributed by atoms with van der Waals surface area (Å²) in [6, 6.07) is 3.77. The topological polar surface area (TPSA) is 30.2 Å². The lowest BCUT2D eigenvalue weighted by Crippen LogP contribution is -2.02. The summed E-state index contributed by atoms with van der Waals surface area (Å²) >= 11 is 3.19. The van der Waals surface area contributed by atoms with Crippen LogP contribution in [-0.2, 0) is 11.2 Å².